The maximum Gasteiger partial charge on any atom is 0.249 e. The summed E-state index contributed by atoms with van der Waals surface area (Å²) in [6, 6.07) is 9.35. The minimum absolute atomic E-state index is 0.00843. The number of carbonyl (C=O) groups excluding carboxylic acids is 1. The van der Waals surface area contributed by atoms with Gasteiger partial charge in [0, 0.05) is 24.7 Å². The van der Waals surface area contributed by atoms with Gasteiger partial charge < -0.3 is 4.90 Å². The number of benzene rings is 1. The number of pyridine rings is 1. The summed E-state index contributed by atoms with van der Waals surface area (Å²) >= 11 is 0. The fraction of sp³-hybridized carbons (Fsp3) is 0.318. The van der Waals surface area contributed by atoms with Gasteiger partial charge in [-0.3, -0.25) is 14.5 Å². The third-order valence-corrected chi connectivity index (χ3v) is 5.31. The Bertz CT molecular complexity index is 1050. The summed E-state index contributed by atoms with van der Waals surface area (Å²) in [4.78, 5) is 18.6. The summed E-state index contributed by atoms with van der Waals surface area (Å²) in [7, 11) is 0. The monoisotopic (exact) mass is 396 g/mol. The number of nitrogens with zero attached hydrogens (tertiary/aromatic N) is 4. The molecule has 1 saturated heterocycles. The predicted octanol–water partition coefficient (Wildman–Crippen LogP) is 4.22. The van der Waals surface area contributed by atoms with Crippen LogP contribution in [0, 0.1) is 5.82 Å². The molecule has 3 heterocycles. The van der Waals surface area contributed by atoms with Gasteiger partial charge in [0.15, 0.2) is 0 Å². The van der Waals surface area contributed by atoms with E-state index in [1.165, 1.54) is 17.0 Å². The molecule has 1 fully saturated rings. The van der Waals surface area contributed by atoms with Crippen LogP contribution in [0.1, 0.15) is 30.9 Å². The molecule has 0 saturated carbocycles. The number of likely N-dealkylation sites (tertiary alicyclic amines) is 1. The largest absolute Gasteiger partial charge is 0.329 e. The predicted molar refractivity (Wildman–Crippen MR) is 106 cm³/mol. The molecule has 0 bridgehead atoms. The SMILES string of the molecule is C=C(CCCn1ncc2ncccc21)C(=O)N1CC(F)CC1c1cccc(F)c1. The van der Waals surface area contributed by atoms with Gasteiger partial charge in [0.1, 0.15) is 17.5 Å². The highest BCUT2D eigenvalue weighted by Gasteiger charge is 2.37. The Labute approximate surface area is 167 Å². The Morgan fingerprint density at radius 2 is 2.14 bits per heavy atom. The Morgan fingerprint density at radius 3 is 2.97 bits per heavy atom. The lowest BCUT2D eigenvalue weighted by atomic mass is 10.0. The summed E-state index contributed by atoms with van der Waals surface area (Å²) in [6.45, 7) is 4.56. The number of fused-ring (bicyclic) bond motifs is 1. The average molecular weight is 396 g/mol. The van der Waals surface area contributed by atoms with Crippen LogP contribution in [-0.2, 0) is 11.3 Å². The van der Waals surface area contributed by atoms with Crippen LogP contribution in [0.2, 0.25) is 0 Å². The Kier molecular flexibility index (Phi) is 5.38. The van der Waals surface area contributed by atoms with Crippen LogP contribution in [0.15, 0.2) is 60.9 Å². The van der Waals surface area contributed by atoms with E-state index in [2.05, 4.69) is 16.7 Å². The molecule has 2 unspecified atom stereocenters. The van der Waals surface area contributed by atoms with Crippen molar-refractivity contribution >= 4 is 16.9 Å². The second-order valence-electron chi connectivity index (χ2n) is 7.34. The zero-order chi connectivity index (χ0) is 20.4. The molecule has 7 heteroatoms. The van der Waals surface area contributed by atoms with Crippen molar-refractivity contribution in [3.63, 3.8) is 0 Å². The zero-order valence-electron chi connectivity index (χ0n) is 16.0. The van der Waals surface area contributed by atoms with Gasteiger partial charge in [-0.25, -0.2) is 8.78 Å². The molecule has 0 spiro atoms. The van der Waals surface area contributed by atoms with Gasteiger partial charge in [0.2, 0.25) is 5.91 Å². The second-order valence-corrected chi connectivity index (χ2v) is 7.34. The van der Waals surface area contributed by atoms with Crippen molar-refractivity contribution in [3.8, 4) is 0 Å². The van der Waals surface area contributed by atoms with Gasteiger partial charge in [-0.05, 0) is 42.7 Å². The van der Waals surface area contributed by atoms with Crippen molar-refractivity contribution in [2.75, 3.05) is 6.54 Å². The highest BCUT2D eigenvalue weighted by Crippen LogP contribution is 2.35. The van der Waals surface area contributed by atoms with E-state index in [0.717, 1.165) is 11.0 Å². The fourth-order valence-corrected chi connectivity index (χ4v) is 3.88. The van der Waals surface area contributed by atoms with E-state index in [9.17, 15) is 13.6 Å². The van der Waals surface area contributed by atoms with Gasteiger partial charge in [0.25, 0.3) is 0 Å². The van der Waals surface area contributed by atoms with E-state index in [1.54, 1.807) is 24.5 Å². The number of hydrogen-bond donors (Lipinski definition) is 0. The first-order chi connectivity index (χ1) is 14.0. The van der Waals surface area contributed by atoms with E-state index in [-0.39, 0.29) is 18.9 Å². The Morgan fingerprint density at radius 1 is 1.28 bits per heavy atom. The maximum absolute atomic E-state index is 14.1. The number of carbonyl (C=O) groups is 1. The van der Waals surface area contributed by atoms with Crippen molar-refractivity contribution in [1.82, 2.24) is 19.7 Å². The van der Waals surface area contributed by atoms with Crippen molar-refractivity contribution in [2.24, 2.45) is 0 Å². The van der Waals surface area contributed by atoms with Crippen LogP contribution < -0.4 is 0 Å². The number of rotatable bonds is 6. The molecule has 150 valence electrons. The normalized spacial score (nSPS) is 19.0. The lowest BCUT2D eigenvalue weighted by Gasteiger charge is -2.25. The number of aromatic nitrogens is 3. The molecule has 3 aromatic rings. The third kappa shape index (κ3) is 4.04. The molecule has 0 aliphatic carbocycles. The molecule has 1 aromatic carbocycles. The zero-order valence-corrected chi connectivity index (χ0v) is 16.0. The number of alkyl halides is 1. The van der Waals surface area contributed by atoms with Crippen molar-refractivity contribution < 1.29 is 13.6 Å². The fourth-order valence-electron chi connectivity index (χ4n) is 3.88. The highest BCUT2D eigenvalue weighted by molar-refractivity contribution is 5.93. The second kappa shape index (κ2) is 8.11. The van der Waals surface area contributed by atoms with Crippen LogP contribution in [0.5, 0.6) is 0 Å². The first-order valence-corrected chi connectivity index (χ1v) is 9.68. The summed E-state index contributed by atoms with van der Waals surface area (Å²) in [5.74, 6) is -0.664. The van der Waals surface area contributed by atoms with Crippen LogP contribution in [0.3, 0.4) is 0 Å². The topological polar surface area (TPSA) is 51.0 Å². The lowest BCUT2D eigenvalue weighted by Crippen LogP contribution is -2.32. The molecule has 5 nitrogen and oxygen atoms in total. The van der Waals surface area contributed by atoms with Crippen molar-refractivity contribution in [1.29, 1.82) is 0 Å². The molecule has 4 rings (SSSR count). The van der Waals surface area contributed by atoms with E-state index >= 15 is 0 Å². The Hall–Kier alpha value is -3.09. The van der Waals surface area contributed by atoms with Crippen LogP contribution in [0.4, 0.5) is 8.78 Å². The summed E-state index contributed by atoms with van der Waals surface area (Å²) in [5.41, 5.74) is 2.80. The van der Waals surface area contributed by atoms with Crippen LogP contribution in [0.25, 0.3) is 11.0 Å². The minimum atomic E-state index is -1.12. The average Bonchev–Trinajstić information content (AvgIpc) is 3.31. The van der Waals surface area contributed by atoms with E-state index in [4.69, 9.17) is 0 Å². The van der Waals surface area contributed by atoms with Crippen molar-refractivity contribution in [2.45, 2.75) is 38.0 Å². The summed E-state index contributed by atoms with van der Waals surface area (Å²) < 4.78 is 29.5. The standard InChI is InChI=1S/C22H22F2N4O/c1-15(5-4-10-28-20-8-3-9-25-19(20)13-26-28)22(29)27-14-18(24)12-21(27)16-6-2-7-17(23)11-16/h2-3,6-9,11,13,18,21H,1,4-5,10,12,14H2. The minimum Gasteiger partial charge on any atom is -0.329 e. The molecule has 1 amide bonds. The molecule has 2 aromatic heterocycles. The smallest absolute Gasteiger partial charge is 0.249 e. The number of halogens is 2. The van der Waals surface area contributed by atoms with E-state index in [1.807, 2.05) is 16.8 Å². The van der Waals surface area contributed by atoms with Gasteiger partial charge in [-0.15, -0.1) is 0 Å². The quantitative estimate of drug-likeness (QED) is 0.586. The molecular weight excluding hydrogens is 374 g/mol. The third-order valence-electron chi connectivity index (χ3n) is 5.31. The molecular formula is C22H22F2N4O. The van der Waals surface area contributed by atoms with E-state index < -0.39 is 18.0 Å². The van der Waals surface area contributed by atoms with Crippen LogP contribution in [-0.4, -0.2) is 38.3 Å². The van der Waals surface area contributed by atoms with Gasteiger partial charge in [-0.1, -0.05) is 18.7 Å². The summed E-state index contributed by atoms with van der Waals surface area (Å²) in [5, 5.41) is 4.33. The number of aryl methyl sites for hydroxylation is 1. The molecule has 2 atom stereocenters. The highest BCUT2D eigenvalue weighted by atomic mass is 19.1. The van der Waals surface area contributed by atoms with Gasteiger partial charge in [-0.2, -0.15) is 5.10 Å². The van der Waals surface area contributed by atoms with Crippen LogP contribution >= 0.6 is 0 Å². The van der Waals surface area contributed by atoms with Gasteiger partial charge >= 0.3 is 0 Å². The lowest BCUT2D eigenvalue weighted by molar-refractivity contribution is -0.128. The Balaban J connectivity index is 1.39. The molecule has 0 N–H and O–H groups in total. The molecule has 1 aliphatic heterocycles. The summed E-state index contributed by atoms with van der Waals surface area (Å²) in [6.07, 6.45) is 3.64. The van der Waals surface area contributed by atoms with Crippen molar-refractivity contribution in [3.05, 3.63) is 72.3 Å². The van der Waals surface area contributed by atoms with E-state index in [0.29, 0.717) is 30.5 Å². The first-order valence-electron chi connectivity index (χ1n) is 9.68. The first kappa shape index (κ1) is 19.2. The number of hydrogen-bond acceptors (Lipinski definition) is 3. The molecule has 0 radical (unpaired) electrons. The van der Waals surface area contributed by atoms with Gasteiger partial charge in [0.05, 0.1) is 24.3 Å². The maximum atomic E-state index is 14.1. The molecule has 1 aliphatic rings. The number of amides is 1. The molecule has 29 heavy (non-hydrogen) atoms.